The second kappa shape index (κ2) is 9.49. The highest BCUT2D eigenvalue weighted by atomic mass is 32.2. The SMILES string of the molecule is CC(C)(C)NS(=O)(=O)c1ccc(-c2ccc(CN)cn2)cc1F.O=C(O)C(F)(F)F. The molecule has 0 aliphatic carbocycles. The highest BCUT2D eigenvalue weighted by Gasteiger charge is 2.38. The lowest BCUT2D eigenvalue weighted by atomic mass is 10.1. The summed E-state index contributed by atoms with van der Waals surface area (Å²) in [7, 11) is -3.92. The Balaban J connectivity index is 0.000000553. The fraction of sp³-hybridized carbons (Fsp3) is 0.333. The van der Waals surface area contributed by atoms with Crippen molar-refractivity contribution >= 4 is 16.0 Å². The van der Waals surface area contributed by atoms with Gasteiger partial charge in [0, 0.05) is 23.8 Å². The Hall–Kier alpha value is -2.57. The molecule has 0 saturated heterocycles. The first-order chi connectivity index (χ1) is 13.6. The quantitative estimate of drug-likeness (QED) is 0.614. The van der Waals surface area contributed by atoms with Crippen LogP contribution >= 0.6 is 0 Å². The maximum Gasteiger partial charge on any atom is 0.490 e. The summed E-state index contributed by atoms with van der Waals surface area (Å²) in [6.07, 6.45) is -3.47. The summed E-state index contributed by atoms with van der Waals surface area (Å²) in [5.74, 6) is -3.57. The van der Waals surface area contributed by atoms with Gasteiger partial charge in [-0.3, -0.25) is 4.98 Å². The van der Waals surface area contributed by atoms with E-state index in [1.807, 2.05) is 0 Å². The Bertz CT molecular complexity index is 986. The average Bonchev–Trinajstić information content (AvgIpc) is 2.59. The summed E-state index contributed by atoms with van der Waals surface area (Å²) in [6.45, 7) is 5.45. The molecule has 1 aromatic heterocycles. The van der Waals surface area contributed by atoms with Crippen LogP contribution in [-0.2, 0) is 21.4 Å². The van der Waals surface area contributed by atoms with Gasteiger partial charge in [0.15, 0.2) is 0 Å². The number of benzene rings is 1. The van der Waals surface area contributed by atoms with Gasteiger partial charge in [-0.2, -0.15) is 13.2 Å². The number of carboxylic acid groups (broad SMARTS) is 1. The topological polar surface area (TPSA) is 122 Å². The van der Waals surface area contributed by atoms with Gasteiger partial charge in [0.25, 0.3) is 0 Å². The van der Waals surface area contributed by atoms with Crippen molar-refractivity contribution < 1.29 is 35.9 Å². The Labute approximate surface area is 171 Å². The zero-order valence-corrected chi connectivity index (χ0v) is 17.1. The minimum Gasteiger partial charge on any atom is -0.475 e. The van der Waals surface area contributed by atoms with Gasteiger partial charge < -0.3 is 10.8 Å². The number of sulfonamides is 1. The molecular formula is C18H21F4N3O4S. The number of aliphatic carboxylic acids is 1. The smallest absolute Gasteiger partial charge is 0.475 e. The summed E-state index contributed by atoms with van der Waals surface area (Å²) in [5, 5.41) is 7.12. The number of alkyl halides is 3. The third-order valence-electron chi connectivity index (χ3n) is 3.26. The number of aromatic nitrogens is 1. The Morgan fingerprint density at radius 1 is 1.17 bits per heavy atom. The molecule has 0 aliphatic heterocycles. The first-order valence-electron chi connectivity index (χ1n) is 8.36. The van der Waals surface area contributed by atoms with Crippen molar-refractivity contribution in [3.63, 3.8) is 0 Å². The number of carboxylic acids is 1. The van der Waals surface area contributed by atoms with Crippen LogP contribution in [0.25, 0.3) is 11.3 Å². The Kier molecular flexibility index (Phi) is 8.06. The normalized spacial score (nSPS) is 12.1. The van der Waals surface area contributed by atoms with Gasteiger partial charge in [0.2, 0.25) is 10.0 Å². The number of halogens is 4. The van der Waals surface area contributed by atoms with Gasteiger partial charge >= 0.3 is 12.1 Å². The predicted octanol–water partition coefficient (Wildman–Crippen LogP) is 3.06. The van der Waals surface area contributed by atoms with Gasteiger partial charge in [-0.15, -0.1) is 0 Å². The van der Waals surface area contributed by atoms with Gasteiger partial charge in [-0.05, 0) is 44.5 Å². The van der Waals surface area contributed by atoms with E-state index in [0.717, 1.165) is 5.56 Å². The van der Waals surface area contributed by atoms with E-state index < -0.39 is 33.5 Å². The van der Waals surface area contributed by atoms with Crippen LogP contribution in [0.4, 0.5) is 17.6 Å². The molecule has 0 spiro atoms. The number of nitrogens with two attached hydrogens (primary N) is 1. The van der Waals surface area contributed by atoms with E-state index >= 15 is 0 Å². The number of pyridine rings is 1. The van der Waals surface area contributed by atoms with Crippen molar-refractivity contribution in [3.8, 4) is 11.3 Å². The van der Waals surface area contributed by atoms with Crippen molar-refractivity contribution in [2.75, 3.05) is 0 Å². The van der Waals surface area contributed by atoms with Gasteiger partial charge in [0.1, 0.15) is 10.7 Å². The van der Waals surface area contributed by atoms with E-state index in [0.29, 0.717) is 17.8 Å². The molecule has 0 saturated carbocycles. The van der Waals surface area contributed by atoms with E-state index in [4.69, 9.17) is 15.6 Å². The monoisotopic (exact) mass is 451 g/mol. The van der Waals surface area contributed by atoms with Crippen molar-refractivity contribution in [3.05, 3.63) is 47.9 Å². The molecule has 2 aromatic rings. The molecule has 0 unspecified atom stereocenters. The first-order valence-corrected chi connectivity index (χ1v) is 9.84. The number of hydrogen-bond acceptors (Lipinski definition) is 5. The lowest BCUT2D eigenvalue weighted by molar-refractivity contribution is -0.192. The van der Waals surface area contributed by atoms with Crippen LogP contribution in [0.2, 0.25) is 0 Å². The summed E-state index contributed by atoms with van der Waals surface area (Å²) in [4.78, 5) is 12.7. The third-order valence-corrected chi connectivity index (χ3v) is 5.05. The number of nitrogens with zero attached hydrogens (tertiary/aromatic N) is 1. The van der Waals surface area contributed by atoms with E-state index in [9.17, 15) is 26.0 Å². The average molecular weight is 451 g/mol. The van der Waals surface area contributed by atoms with Gasteiger partial charge in [0.05, 0.1) is 5.69 Å². The Morgan fingerprint density at radius 3 is 2.10 bits per heavy atom. The Morgan fingerprint density at radius 2 is 1.73 bits per heavy atom. The molecule has 0 aliphatic rings. The number of rotatable bonds is 4. The molecule has 0 fully saturated rings. The van der Waals surface area contributed by atoms with E-state index in [1.165, 1.54) is 18.2 Å². The van der Waals surface area contributed by atoms with E-state index in [-0.39, 0.29) is 4.90 Å². The molecule has 1 heterocycles. The summed E-state index contributed by atoms with van der Waals surface area (Å²) in [6, 6.07) is 7.47. The first kappa shape index (κ1) is 25.5. The molecule has 1 aromatic carbocycles. The fourth-order valence-electron chi connectivity index (χ4n) is 2.05. The molecule has 7 nitrogen and oxygen atoms in total. The maximum atomic E-state index is 14.3. The van der Waals surface area contributed by atoms with Crippen LogP contribution in [0.1, 0.15) is 26.3 Å². The standard InChI is InChI=1S/C16H20FN3O2S.C2HF3O2/c1-16(2,3)20-23(21,22)15-7-5-12(8-13(15)17)14-6-4-11(9-18)10-19-14;3-2(4,5)1(6)7/h4-8,10,20H,9,18H2,1-3H3;(H,6,7). The third kappa shape index (κ3) is 7.69. The second-order valence-corrected chi connectivity index (χ2v) is 8.71. The zero-order valence-electron chi connectivity index (χ0n) is 16.3. The fourth-order valence-corrected chi connectivity index (χ4v) is 3.53. The van der Waals surface area contributed by atoms with Crippen LogP contribution in [0.5, 0.6) is 0 Å². The molecular weight excluding hydrogens is 430 g/mol. The highest BCUT2D eigenvalue weighted by Crippen LogP contribution is 2.23. The lowest BCUT2D eigenvalue weighted by Crippen LogP contribution is -2.40. The van der Waals surface area contributed by atoms with Gasteiger partial charge in [-0.25, -0.2) is 22.3 Å². The van der Waals surface area contributed by atoms with Crippen molar-refractivity contribution in [1.29, 1.82) is 0 Å². The molecule has 0 radical (unpaired) electrons. The minimum atomic E-state index is -5.08. The van der Waals surface area contributed by atoms with Crippen LogP contribution in [0.15, 0.2) is 41.4 Å². The van der Waals surface area contributed by atoms with Crippen LogP contribution in [-0.4, -0.2) is 36.2 Å². The van der Waals surface area contributed by atoms with Crippen molar-refractivity contribution in [2.24, 2.45) is 5.73 Å². The van der Waals surface area contributed by atoms with Crippen LogP contribution in [0, 0.1) is 5.82 Å². The van der Waals surface area contributed by atoms with Crippen molar-refractivity contribution in [1.82, 2.24) is 9.71 Å². The molecule has 0 atom stereocenters. The molecule has 166 valence electrons. The molecule has 0 amide bonds. The maximum absolute atomic E-state index is 14.3. The molecule has 2 rings (SSSR count). The number of nitrogens with one attached hydrogen (secondary N) is 1. The molecule has 4 N–H and O–H groups in total. The highest BCUT2D eigenvalue weighted by molar-refractivity contribution is 7.89. The summed E-state index contributed by atoms with van der Waals surface area (Å²) < 4.78 is 72.9. The van der Waals surface area contributed by atoms with Crippen molar-refractivity contribution in [2.45, 2.75) is 43.9 Å². The number of carbonyl (C=O) groups is 1. The number of hydrogen-bond donors (Lipinski definition) is 3. The summed E-state index contributed by atoms with van der Waals surface area (Å²) in [5.41, 5.74) is 6.73. The molecule has 0 bridgehead atoms. The van der Waals surface area contributed by atoms with Crippen LogP contribution in [0.3, 0.4) is 0 Å². The minimum absolute atomic E-state index is 0.372. The molecule has 30 heavy (non-hydrogen) atoms. The largest absolute Gasteiger partial charge is 0.490 e. The van der Waals surface area contributed by atoms with E-state index in [2.05, 4.69) is 9.71 Å². The summed E-state index contributed by atoms with van der Waals surface area (Å²) >= 11 is 0. The zero-order chi connectivity index (χ0) is 23.3. The predicted molar refractivity (Wildman–Crippen MR) is 101 cm³/mol. The van der Waals surface area contributed by atoms with Crippen LogP contribution < -0.4 is 10.5 Å². The van der Waals surface area contributed by atoms with Gasteiger partial charge in [-0.1, -0.05) is 12.1 Å². The van der Waals surface area contributed by atoms with E-state index in [1.54, 1.807) is 39.1 Å². The second-order valence-electron chi connectivity index (χ2n) is 7.06. The molecule has 12 heteroatoms. The lowest BCUT2D eigenvalue weighted by Gasteiger charge is -2.20.